The Hall–Kier alpha value is -3.52. The number of phenols is 1. The molecule has 140 valence electrons. The fourth-order valence-electron chi connectivity index (χ4n) is 2.77. The van der Waals surface area contributed by atoms with Crippen LogP contribution in [0.15, 0.2) is 64.0 Å². The number of carboxylic acid groups (broad SMARTS) is 1. The normalized spacial score (nSPS) is 18.4. The number of carbonyl (C=O) groups is 2. The number of hydrogen-bond donors (Lipinski definition) is 3. The molecule has 7 nitrogen and oxygen atoms in total. The molecule has 0 unspecified atom stereocenters. The number of ether oxygens (including phenoxy) is 1. The van der Waals surface area contributed by atoms with E-state index in [1.165, 1.54) is 12.1 Å². The Morgan fingerprint density at radius 2 is 2.07 bits per heavy atom. The lowest BCUT2D eigenvalue weighted by atomic mass is 10.1. The van der Waals surface area contributed by atoms with Gasteiger partial charge >= 0.3 is 5.97 Å². The quantitative estimate of drug-likeness (QED) is 0.690. The van der Waals surface area contributed by atoms with Crippen molar-refractivity contribution < 1.29 is 24.5 Å². The topological polar surface area (TPSA) is 108 Å². The van der Waals surface area contributed by atoms with Crippen LogP contribution in [0, 0.1) is 0 Å². The van der Waals surface area contributed by atoms with Gasteiger partial charge < -0.3 is 20.3 Å². The number of aliphatic imine (C=N–C) groups is 1. The Kier molecular flexibility index (Phi) is 4.62. The third-order valence-corrected chi connectivity index (χ3v) is 4.96. The summed E-state index contributed by atoms with van der Waals surface area (Å²) < 4.78 is 5.68. The number of rotatable bonds is 3. The summed E-state index contributed by atoms with van der Waals surface area (Å²) in [4.78, 5) is 28.2. The minimum absolute atomic E-state index is 0.142. The molecule has 0 atom stereocenters. The van der Waals surface area contributed by atoms with Gasteiger partial charge in [0.05, 0.1) is 16.2 Å². The number of nitrogens with one attached hydrogen (secondary N) is 1. The Morgan fingerprint density at radius 1 is 1.25 bits per heavy atom. The number of benzene rings is 2. The summed E-state index contributed by atoms with van der Waals surface area (Å²) in [6.45, 7) is 0.349. The Morgan fingerprint density at radius 3 is 2.89 bits per heavy atom. The summed E-state index contributed by atoms with van der Waals surface area (Å²) in [6, 6.07) is 11.5. The molecule has 2 aromatic carbocycles. The minimum atomic E-state index is -1.22. The SMILES string of the molecule is O=C1NC(=Nc2ccc(O)cc2C(=O)O)S/C1=C\C1=Cc2ccccc2OC1. The smallest absolute Gasteiger partial charge is 0.338 e. The largest absolute Gasteiger partial charge is 0.508 e. The number of thioether (sulfide) groups is 1. The molecule has 0 saturated carbocycles. The lowest BCUT2D eigenvalue weighted by Crippen LogP contribution is -2.19. The van der Waals surface area contributed by atoms with E-state index in [0.29, 0.717) is 11.5 Å². The zero-order valence-electron chi connectivity index (χ0n) is 14.4. The highest BCUT2D eigenvalue weighted by Gasteiger charge is 2.25. The number of amides is 1. The van der Waals surface area contributed by atoms with Gasteiger partial charge in [0.15, 0.2) is 5.17 Å². The van der Waals surface area contributed by atoms with Crippen LogP contribution in [0.3, 0.4) is 0 Å². The molecular weight excluding hydrogens is 380 g/mol. The van der Waals surface area contributed by atoms with Crippen molar-refractivity contribution in [2.75, 3.05) is 6.61 Å². The lowest BCUT2D eigenvalue weighted by molar-refractivity contribution is -0.115. The standard InChI is InChI=1S/C20H14N2O5S/c23-13-5-6-15(14(9-13)19(25)26)21-20-22-18(24)17(28-20)8-11-7-12-3-1-2-4-16(12)27-10-11/h1-9,23H,10H2,(H,25,26)(H,21,22,24)/b17-8-. The van der Waals surface area contributed by atoms with Crippen LogP contribution in [0.4, 0.5) is 5.69 Å². The van der Waals surface area contributed by atoms with E-state index >= 15 is 0 Å². The maximum Gasteiger partial charge on any atom is 0.338 e. The number of carbonyl (C=O) groups excluding carboxylic acids is 1. The zero-order valence-corrected chi connectivity index (χ0v) is 15.2. The van der Waals surface area contributed by atoms with Gasteiger partial charge in [0.25, 0.3) is 5.91 Å². The Labute approximate surface area is 164 Å². The highest BCUT2D eigenvalue weighted by atomic mass is 32.2. The summed E-state index contributed by atoms with van der Waals surface area (Å²) in [5.74, 6) is -0.916. The molecular formula is C20H14N2O5S. The summed E-state index contributed by atoms with van der Waals surface area (Å²) in [7, 11) is 0. The fraction of sp³-hybridized carbons (Fsp3) is 0.0500. The Bertz CT molecular complexity index is 1090. The van der Waals surface area contributed by atoms with E-state index in [4.69, 9.17) is 4.74 Å². The number of nitrogens with zero attached hydrogens (tertiary/aromatic N) is 1. The van der Waals surface area contributed by atoms with Gasteiger partial charge in [-0.15, -0.1) is 0 Å². The van der Waals surface area contributed by atoms with E-state index in [1.807, 2.05) is 30.3 Å². The lowest BCUT2D eigenvalue weighted by Gasteiger charge is -2.15. The molecule has 2 aliphatic heterocycles. The first-order valence-corrected chi connectivity index (χ1v) is 9.09. The van der Waals surface area contributed by atoms with Crippen LogP contribution < -0.4 is 10.1 Å². The van der Waals surface area contributed by atoms with Crippen LogP contribution >= 0.6 is 11.8 Å². The van der Waals surface area contributed by atoms with Crippen molar-refractivity contribution in [2.45, 2.75) is 0 Å². The van der Waals surface area contributed by atoms with Crippen molar-refractivity contribution in [1.29, 1.82) is 0 Å². The van der Waals surface area contributed by atoms with E-state index in [2.05, 4.69) is 10.3 Å². The van der Waals surface area contributed by atoms with Gasteiger partial charge in [-0.05, 0) is 53.8 Å². The van der Waals surface area contributed by atoms with Gasteiger partial charge in [0.1, 0.15) is 18.1 Å². The average molecular weight is 394 g/mol. The second-order valence-corrected chi connectivity index (χ2v) is 7.06. The maximum atomic E-state index is 12.3. The van der Waals surface area contributed by atoms with Crippen LogP contribution in [0.25, 0.3) is 6.08 Å². The van der Waals surface area contributed by atoms with Crippen LogP contribution in [0.5, 0.6) is 11.5 Å². The molecule has 0 spiro atoms. The molecule has 3 N–H and O–H groups in total. The second-order valence-electron chi connectivity index (χ2n) is 6.03. The van der Waals surface area contributed by atoms with E-state index in [-0.39, 0.29) is 28.1 Å². The number of aromatic carboxylic acids is 1. The molecule has 2 aromatic rings. The molecule has 0 radical (unpaired) electrons. The first kappa shape index (κ1) is 17.9. The number of hydrogen-bond acceptors (Lipinski definition) is 6. The highest BCUT2D eigenvalue weighted by Crippen LogP contribution is 2.32. The average Bonchev–Trinajstić information content (AvgIpc) is 3.02. The number of carboxylic acids is 1. The molecule has 0 aliphatic carbocycles. The van der Waals surface area contributed by atoms with Crippen LogP contribution in [-0.2, 0) is 4.79 Å². The van der Waals surface area contributed by atoms with Gasteiger partial charge in [-0.1, -0.05) is 18.2 Å². The van der Waals surface area contributed by atoms with Crippen molar-refractivity contribution in [3.8, 4) is 11.5 Å². The number of phenolic OH excluding ortho intramolecular Hbond substituents is 1. The fourth-order valence-corrected chi connectivity index (χ4v) is 3.62. The Balaban J connectivity index is 1.60. The van der Waals surface area contributed by atoms with Gasteiger partial charge in [-0.2, -0.15) is 0 Å². The number of para-hydroxylation sites is 1. The van der Waals surface area contributed by atoms with Crippen molar-refractivity contribution in [2.24, 2.45) is 4.99 Å². The van der Waals surface area contributed by atoms with Gasteiger partial charge in [0.2, 0.25) is 0 Å². The molecule has 4 rings (SSSR count). The summed E-state index contributed by atoms with van der Waals surface area (Å²) in [5, 5.41) is 21.6. The molecule has 1 amide bonds. The molecule has 2 heterocycles. The van der Waals surface area contributed by atoms with E-state index in [0.717, 1.165) is 34.7 Å². The summed E-state index contributed by atoms with van der Waals surface area (Å²) in [6.07, 6.45) is 3.69. The molecule has 0 bridgehead atoms. The summed E-state index contributed by atoms with van der Waals surface area (Å²) >= 11 is 1.11. The number of fused-ring (bicyclic) bond motifs is 1. The number of amidine groups is 1. The summed E-state index contributed by atoms with van der Waals surface area (Å²) in [5.41, 5.74) is 1.77. The molecule has 1 fully saturated rings. The van der Waals surface area contributed by atoms with Gasteiger partial charge in [-0.3, -0.25) is 4.79 Å². The molecule has 0 aromatic heterocycles. The number of aromatic hydroxyl groups is 1. The molecule has 1 saturated heterocycles. The first-order valence-electron chi connectivity index (χ1n) is 8.28. The predicted octanol–water partition coefficient (Wildman–Crippen LogP) is 3.30. The van der Waals surface area contributed by atoms with Crippen molar-refractivity contribution >= 4 is 40.6 Å². The highest BCUT2D eigenvalue weighted by molar-refractivity contribution is 8.18. The van der Waals surface area contributed by atoms with Crippen molar-refractivity contribution in [1.82, 2.24) is 5.32 Å². The first-order chi connectivity index (χ1) is 13.5. The zero-order chi connectivity index (χ0) is 19.7. The van der Waals surface area contributed by atoms with E-state index in [1.54, 1.807) is 6.08 Å². The predicted molar refractivity (Wildman–Crippen MR) is 106 cm³/mol. The molecule has 2 aliphatic rings. The van der Waals surface area contributed by atoms with E-state index < -0.39 is 5.97 Å². The van der Waals surface area contributed by atoms with E-state index in [9.17, 15) is 19.8 Å². The maximum absolute atomic E-state index is 12.3. The van der Waals surface area contributed by atoms with Gasteiger partial charge in [0, 0.05) is 5.56 Å². The van der Waals surface area contributed by atoms with Gasteiger partial charge in [-0.25, -0.2) is 9.79 Å². The second kappa shape index (κ2) is 7.24. The third-order valence-electron chi connectivity index (χ3n) is 4.05. The monoisotopic (exact) mass is 394 g/mol. The minimum Gasteiger partial charge on any atom is -0.508 e. The van der Waals surface area contributed by atoms with Crippen LogP contribution in [0.1, 0.15) is 15.9 Å². The molecule has 28 heavy (non-hydrogen) atoms. The van der Waals surface area contributed by atoms with Crippen LogP contribution in [0.2, 0.25) is 0 Å². The van der Waals surface area contributed by atoms with Crippen LogP contribution in [-0.4, -0.2) is 33.9 Å². The van der Waals surface area contributed by atoms with Crippen molar-refractivity contribution in [3.05, 3.63) is 70.1 Å². The van der Waals surface area contributed by atoms with Crippen molar-refractivity contribution in [3.63, 3.8) is 0 Å². The molecule has 8 heteroatoms. The third kappa shape index (κ3) is 3.63.